The van der Waals surface area contributed by atoms with Crippen molar-refractivity contribution >= 4 is 5.97 Å². The van der Waals surface area contributed by atoms with Gasteiger partial charge in [-0.2, -0.15) is 0 Å². The predicted octanol–water partition coefficient (Wildman–Crippen LogP) is 7.40. The van der Waals surface area contributed by atoms with Crippen LogP contribution in [0, 0.1) is 0 Å². The first-order valence-electron chi connectivity index (χ1n) is 11.2. The van der Waals surface area contributed by atoms with Gasteiger partial charge < -0.3 is 9.47 Å². The Morgan fingerprint density at radius 1 is 0.806 bits per heavy atom. The van der Waals surface area contributed by atoms with E-state index in [1.54, 1.807) is 0 Å². The maximum atomic E-state index is 12.5. The summed E-state index contributed by atoms with van der Waals surface area (Å²) in [6, 6.07) is 23.7. The number of esters is 1. The summed E-state index contributed by atoms with van der Waals surface area (Å²) in [7, 11) is 0. The predicted molar refractivity (Wildman–Crippen MR) is 127 cm³/mol. The summed E-state index contributed by atoms with van der Waals surface area (Å²) in [5.41, 5.74) is 5.20. The van der Waals surface area contributed by atoms with Crippen LogP contribution in [0.15, 0.2) is 72.8 Å². The van der Waals surface area contributed by atoms with E-state index >= 15 is 0 Å². The number of rotatable bonds is 10. The van der Waals surface area contributed by atoms with Gasteiger partial charge in [0.2, 0.25) is 0 Å². The molecule has 0 saturated carbocycles. The minimum absolute atomic E-state index is 0.0259. The van der Waals surface area contributed by atoms with Crippen LogP contribution < -0.4 is 4.74 Å². The summed E-state index contributed by atoms with van der Waals surface area (Å²) in [6.45, 7) is 7.06. The Hall–Kier alpha value is -2.91. The molecule has 1 unspecified atom stereocenters. The number of aryl methyl sites for hydroxylation is 1. The number of ether oxygens (including phenoxy) is 2. The largest absolute Gasteiger partial charge is 0.423 e. The van der Waals surface area contributed by atoms with Crippen molar-refractivity contribution in [2.75, 3.05) is 6.61 Å². The molecule has 3 rings (SSSR count). The third-order valence-corrected chi connectivity index (χ3v) is 5.36. The van der Waals surface area contributed by atoms with Crippen LogP contribution in [0.4, 0.5) is 0 Å². The molecule has 3 aromatic rings. The highest BCUT2D eigenvalue weighted by atomic mass is 16.5. The number of carbonyl (C=O) groups excluding carboxylic acids is 1. The smallest absolute Gasteiger partial charge is 0.343 e. The normalized spacial score (nSPS) is 11.8. The van der Waals surface area contributed by atoms with E-state index in [1.807, 2.05) is 55.5 Å². The van der Waals surface area contributed by atoms with Crippen molar-refractivity contribution in [3.8, 4) is 16.9 Å². The van der Waals surface area contributed by atoms with Crippen LogP contribution >= 0.6 is 0 Å². The molecule has 3 heteroatoms. The highest BCUT2D eigenvalue weighted by Gasteiger charge is 2.11. The fourth-order valence-corrected chi connectivity index (χ4v) is 3.41. The van der Waals surface area contributed by atoms with E-state index in [2.05, 4.69) is 38.1 Å². The van der Waals surface area contributed by atoms with Gasteiger partial charge in [0.1, 0.15) is 5.75 Å². The van der Waals surface area contributed by atoms with Crippen LogP contribution in [0.2, 0.25) is 0 Å². The fourth-order valence-electron chi connectivity index (χ4n) is 3.41. The first-order chi connectivity index (χ1) is 15.1. The average Bonchev–Trinajstić information content (AvgIpc) is 2.82. The Morgan fingerprint density at radius 3 is 2.00 bits per heavy atom. The molecule has 3 nitrogen and oxygen atoms in total. The van der Waals surface area contributed by atoms with E-state index < -0.39 is 0 Å². The quantitative estimate of drug-likeness (QED) is 0.255. The van der Waals surface area contributed by atoms with E-state index in [1.165, 1.54) is 18.4 Å². The Bertz CT molecular complexity index is 941. The van der Waals surface area contributed by atoms with Crippen molar-refractivity contribution in [2.24, 2.45) is 0 Å². The van der Waals surface area contributed by atoms with Crippen molar-refractivity contribution in [1.82, 2.24) is 0 Å². The molecule has 0 fully saturated rings. The summed E-state index contributed by atoms with van der Waals surface area (Å²) < 4.78 is 11.3. The zero-order valence-electron chi connectivity index (χ0n) is 18.8. The Morgan fingerprint density at radius 2 is 1.42 bits per heavy atom. The summed E-state index contributed by atoms with van der Waals surface area (Å²) in [4.78, 5) is 12.5. The van der Waals surface area contributed by atoms with Gasteiger partial charge in [0.05, 0.1) is 11.7 Å². The molecule has 31 heavy (non-hydrogen) atoms. The van der Waals surface area contributed by atoms with Crippen LogP contribution in [-0.4, -0.2) is 12.6 Å². The molecule has 0 N–H and O–H groups in total. The molecule has 0 bridgehead atoms. The van der Waals surface area contributed by atoms with Gasteiger partial charge in [0.15, 0.2) is 0 Å². The Kier molecular flexibility index (Phi) is 8.43. The monoisotopic (exact) mass is 416 g/mol. The fraction of sp³-hybridized carbons (Fsp3) is 0.321. The van der Waals surface area contributed by atoms with E-state index in [0.717, 1.165) is 36.1 Å². The first-order valence-corrected chi connectivity index (χ1v) is 11.2. The second-order valence-corrected chi connectivity index (χ2v) is 7.85. The molecule has 162 valence electrons. The topological polar surface area (TPSA) is 35.5 Å². The second-order valence-electron chi connectivity index (χ2n) is 7.85. The van der Waals surface area contributed by atoms with Crippen molar-refractivity contribution in [3.05, 3.63) is 89.5 Å². The maximum absolute atomic E-state index is 12.5. The Balaban J connectivity index is 1.60. The van der Waals surface area contributed by atoms with E-state index in [4.69, 9.17) is 9.47 Å². The summed E-state index contributed by atoms with van der Waals surface area (Å²) in [6.07, 6.45) is 4.55. The van der Waals surface area contributed by atoms with Gasteiger partial charge in [0.25, 0.3) is 0 Å². The summed E-state index contributed by atoms with van der Waals surface area (Å²) >= 11 is 0. The van der Waals surface area contributed by atoms with Gasteiger partial charge in [-0.3, -0.25) is 0 Å². The molecule has 3 aromatic carbocycles. The first kappa shape index (κ1) is 22.8. The summed E-state index contributed by atoms with van der Waals surface area (Å²) in [5, 5.41) is 0. The summed E-state index contributed by atoms with van der Waals surface area (Å²) in [5.74, 6) is 0.174. The zero-order valence-corrected chi connectivity index (χ0v) is 18.8. The van der Waals surface area contributed by atoms with Crippen LogP contribution in [0.25, 0.3) is 11.1 Å². The van der Waals surface area contributed by atoms with E-state index in [9.17, 15) is 4.79 Å². The third-order valence-electron chi connectivity index (χ3n) is 5.36. The van der Waals surface area contributed by atoms with Crippen LogP contribution in [0.3, 0.4) is 0 Å². The molecule has 0 spiro atoms. The Labute approximate surface area is 186 Å². The molecule has 0 amide bonds. The van der Waals surface area contributed by atoms with Gasteiger partial charge >= 0.3 is 5.97 Å². The standard InChI is InChI=1S/C28H32O3/c1-4-6-7-22-8-10-24(11-9-22)25-12-14-26(15-13-25)28(29)31-27-18-16-23(17-19-27)21(3)30-20-5-2/h8-19,21H,4-7,20H2,1-3H3. The molecule has 0 radical (unpaired) electrons. The van der Waals surface area contributed by atoms with E-state index in [-0.39, 0.29) is 12.1 Å². The van der Waals surface area contributed by atoms with Gasteiger partial charge in [-0.1, -0.05) is 68.8 Å². The number of benzene rings is 3. The van der Waals surface area contributed by atoms with Gasteiger partial charge in [-0.05, 0) is 72.7 Å². The SMILES string of the molecule is CCCCc1ccc(-c2ccc(C(=O)Oc3ccc(C(C)OCCC)cc3)cc2)cc1. The molecule has 0 aromatic heterocycles. The third kappa shape index (κ3) is 6.53. The molecule has 0 aliphatic rings. The molecule has 0 aliphatic heterocycles. The van der Waals surface area contributed by atoms with E-state index in [0.29, 0.717) is 11.3 Å². The number of hydrogen-bond acceptors (Lipinski definition) is 3. The van der Waals surface area contributed by atoms with Crippen molar-refractivity contribution in [2.45, 2.75) is 52.6 Å². The van der Waals surface area contributed by atoms with Gasteiger partial charge in [-0.15, -0.1) is 0 Å². The number of hydrogen-bond donors (Lipinski definition) is 0. The molecule has 1 atom stereocenters. The highest BCUT2D eigenvalue weighted by Crippen LogP contribution is 2.23. The highest BCUT2D eigenvalue weighted by molar-refractivity contribution is 5.91. The zero-order chi connectivity index (χ0) is 22.1. The van der Waals surface area contributed by atoms with Crippen molar-refractivity contribution in [3.63, 3.8) is 0 Å². The number of unbranched alkanes of at least 4 members (excludes halogenated alkanes) is 1. The van der Waals surface area contributed by atoms with Crippen LogP contribution in [0.5, 0.6) is 5.75 Å². The lowest BCUT2D eigenvalue weighted by Gasteiger charge is -2.13. The molecule has 0 heterocycles. The maximum Gasteiger partial charge on any atom is 0.343 e. The van der Waals surface area contributed by atoms with Gasteiger partial charge in [-0.25, -0.2) is 4.79 Å². The molecular formula is C28H32O3. The lowest BCUT2D eigenvalue weighted by Crippen LogP contribution is -2.08. The number of carbonyl (C=O) groups is 1. The molecule has 0 saturated heterocycles. The lowest BCUT2D eigenvalue weighted by atomic mass is 10.0. The van der Waals surface area contributed by atoms with Gasteiger partial charge in [0, 0.05) is 6.61 Å². The lowest BCUT2D eigenvalue weighted by molar-refractivity contribution is 0.0662. The van der Waals surface area contributed by atoms with Crippen LogP contribution in [0.1, 0.15) is 67.6 Å². The minimum Gasteiger partial charge on any atom is -0.423 e. The van der Waals surface area contributed by atoms with Crippen molar-refractivity contribution < 1.29 is 14.3 Å². The average molecular weight is 417 g/mol. The second kappa shape index (κ2) is 11.5. The minimum atomic E-state index is -0.357. The molecular weight excluding hydrogens is 384 g/mol. The van der Waals surface area contributed by atoms with Crippen molar-refractivity contribution in [1.29, 1.82) is 0 Å². The molecule has 0 aliphatic carbocycles. The van der Waals surface area contributed by atoms with Crippen LogP contribution in [-0.2, 0) is 11.2 Å².